The van der Waals surface area contributed by atoms with Gasteiger partial charge in [-0.05, 0) is 40.3 Å². The van der Waals surface area contributed by atoms with Gasteiger partial charge in [0.25, 0.3) is 0 Å². The molecule has 0 saturated carbocycles. The van der Waals surface area contributed by atoms with E-state index in [4.69, 9.17) is 0 Å². The molecule has 0 radical (unpaired) electrons. The summed E-state index contributed by atoms with van der Waals surface area (Å²) >= 11 is 0. The average molecular weight is 483 g/mol. The van der Waals surface area contributed by atoms with E-state index >= 15 is 0 Å². The zero-order valence-corrected chi connectivity index (χ0v) is 20.6. The minimum atomic E-state index is -0.436. The molecule has 0 unspecified atom stereocenters. The van der Waals surface area contributed by atoms with E-state index in [1.807, 2.05) is 36.4 Å². The minimum Gasteiger partial charge on any atom is -0.351 e. The Kier molecular flexibility index (Phi) is 7.36. The highest BCUT2D eigenvalue weighted by Crippen LogP contribution is 2.33. The highest BCUT2D eigenvalue weighted by atomic mass is 19.1. The number of halogens is 1. The first-order valence-corrected chi connectivity index (χ1v) is 12.5. The lowest BCUT2D eigenvalue weighted by atomic mass is 9.98. The molecule has 1 aromatic heterocycles. The molecule has 0 saturated heterocycles. The molecule has 0 spiro atoms. The molecule has 36 heavy (non-hydrogen) atoms. The maximum Gasteiger partial charge on any atom is 0.205 e. The number of nitrogens with zero attached hydrogens (tertiary/aromatic N) is 5. The van der Waals surface area contributed by atoms with Crippen molar-refractivity contribution in [3.63, 3.8) is 0 Å². The van der Waals surface area contributed by atoms with E-state index in [0.29, 0.717) is 12.5 Å². The Morgan fingerprint density at radius 2 is 1.47 bits per heavy atom. The normalized spacial score (nSPS) is 13.6. The van der Waals surface area contributed by atoms with Crippen LogP contribution in [0.25, 0.3) is 22.5 Å². The third kappa shape index (κ3) is 5.15. The number of aromatic nitrogens is 4. The molecule has 1 aliphatic rings. The van der Waals surface area contributed by atoms with Gasteiger partial charge in [0.2, 0.25) is 5.82 Å². The molecule has 5 rings (SSSR count). The van der Waals surface area contributed by atoms with Crippen LogP contribution in [0, 0.1) is 0 Å². The lowest BCUT2D eigenvalue weighted by molar-refractivity contribution is 0.226. The van der Waals surface area contributed by atoms with Crippen molar-refractivity contribution in [2.75, 3.05) is 13.3 Å². The summed E-state index contributed by atoms with van der Waals surface area (Å²) in [6, 6.07) is 27.0. The Hall–Kier alpha value is -4.00. The van der Waals surface area contributed by atoms with Crippen LogP contribution in [0.1, 0.15) is 37.3 Å². The monoisotopic (exact) mass is 482 g/mol. The standard InChI is InChI=1S/C29H31FN6/c1-2-3-13-27-28(18-30)36(19-22-9-5-4-6-10-22)21-35(27)20-23-14-16-24(17-15-23)25-11-7-8-12-26(25)29-31-33-34-32-29/h4-12,14-17H,2-3,13,18-21H2,1H3,(H,31,32,33,34). The van der Waals surface area contributed by atoms with Gasteiger partial charge in [0.1, 0.15) is 6.67 Å². The number of benzene rings is 3. The van der Waals surface area contributed by atoms with Crippen molar-refractivity contribution >= 4 is 0 Å². The van der Waals surface area contributed by atoms with Crippen molar-refractivity contribution in [2.45, 2.75) is 39.3 Å². The van der Waals surface area contributed by atoms with Gasteiger partial charge in [0.15, 0.2) is 0 Å². The van der Waals surface area contributed by atoms with E-state index in [9.17, 15) is 4.39 Å². The van der Waals surface area contributed by atoms with Crippen LogP contribution in [0.15, 0.2) is 90.3 Å². The van der Waals surface area contributed by atoms with Crippen molar-refractivity contribution in [3.05, 3.63) is 101 Å². The van der Waals surface area contributed by atoms with Crippen molar-refractivity contribution in [2.24, 2.45) is 0 Å². The van der Waals surface area contributed by atoms with Crippen molar-refractivity contribution in [3.8, 4) is 22.5 Å². The molecule has 1 aliphatic heterocycles. The van der Waals surface area contributed by atoms with E-state index in [2.05, 4.69) is 79.8 Å². The van der Waals surface area contributed by atoms with Gasteiger partial charge in [0.05, 0.1) is 12.4 Å². The number of H-pyrrole nitrogens is 1. The van der Waals surface area contributed by atoms with E-state index in [-0.39, 0.29) is 0 Å². The summed E-state index contributed by atoms with van der Waals surface area (Å²) in [4.78, 5) is 4.53. The van der Waals surface area contributed by atoms with Gasteiger partial charge in [-0.3, -0.25) is 0 Å². The smallest absolute Gasteiger partial charge is 0.205 e. The fourth-order valence-corrected chi connectivity index (χ4v) is 4.86. The second kappa shape index (κ2) is 11.2. The third-order valence-corrected chi connectivity index (χ3v) is 6.70. The lowest BCUT2D eigenvalue weighted by Gasteiger charge is -2.25. The van der Waals surface area contributed by atoms with Gasteiger partial charge in [-0.15, -0.1) is 10.2 Å². The Balaban J connectivity index is 1.36. The number of hydrogen-bond acceptors (Lipinski definition) is 5. The minimum absolute atomic E-state index is 0.436. The van der Waals surface area contributed by atoms with Crippen LogP contribution in [0.4, 0.5) is 4.39 Å². The van der Waals surface area contributed by atoms with E-state index < -0.39 is 6.67 Å². The Morgan fingerprint density at radius 1 is 0.806 bits per heavy atom. The number of rotatable bonds is 10. The number of allylic oxidation sites excluding steroid dienone is 2. The van der Waals surface area contributed by atoms with Crippen LogP contribution in [0.3, 0.4) is 0 Å². The van der Waals surface area contributed by atoms with Crippen molar-refractivity contribution < 1.29 is 4.39 Å². The first-order chi connectivity index (χ1) is 17.8. The largest absolute Gasteiger partial charge is 0.351 e. The Morgan fingerprint density at radius 3 is 2.14 bits per heavy atom. The summed E-state index contributed by atoms with van der Waals surface area (Å²) in [6.07, 6.45) is 3.04. The molecule has 0 amide bonds. The molecule has 0 aliphatic carbocycles. The van der Waals surface area contributed by atoms with Crippen LogP contribution < -0.4 is 0 Å². The molecular weight excluding hydrogens is 451 g/mol. The van der Waals surface area contributed by atoms with E-state index in [1.54, 1.807) is 0 Å². The van der Waals surface area contributed by atoms with E-state index in [1.165, 1.54) is 11.1 Å². The highest BCUT2D eigenvalue weighted by Gasteiger charge is 2.28. The summed E-state index contributed by atoms with van der Waals surface area (Å²) in [7, 11) is 0. The van der Waals surface area contributed by atoms with E-state index in [0.717, 1.165) is 60.4 Å². The topological polar surface area (TPSA) is 60.9 Å². The van der Waals surface area contributed by atoms with Crippen LogP contribution in [0.2, 0.25) is 0 Å². The molecule has 7 heteroatoms. The van der Waals surface area contributed by atoms with Gasteiger partial charge < -0.3 is 9.80 Å². The summed E-state index contributed by atoms with van der Waals surface area (Å²) in [5.74, 6) is 0.578. The average Bonchev–Trinajstić information content (AvgIpc) is 3.57. The SMILES string of the molecule is CCCCC1=C(CF)N(Cc2ccccc2)CN1Cc1ccc(-c2ccccc2-c2nn[nH]n2)cc1. The predicted octanol–water partition coefficient (Wildman–Crippen LogP) is 6.18. The molecule has 4 aromatic rings. The molecule has 0 bridgehead atoms. The second-order valence-electron chi connectivity index (χ2n) is 9.13. The molecular formula is C29H31FN6. The number of unbranched alkanes of at least 4 members (excludes halogenated alkanes) is 1. The van der Waals surface area contributed by atoms with Crippen LogP contribution in [-0.4, -0.2) is 43.8 Å². The van der Waals surface area contributed by atoms with Gasteiger partial charge in [0, 0.05) is 24.4 Å². The zero-order valence-electron chi connectivity index (χ0n) is 20.6. The van der Waals surface area contributed by atoms with Gasteiger partial charge in [-0.25, -0.2) is 4.39 Å². The molecule has 1 N–H and O–H groups in total. The molecule has 3 aromatic carbocycles. The first-order valence-electron chi connectivity index (χ1n) is 12.5. The fraction of sp³-hybridized carbons (Fsp3) is 0.276. The fourth-order valence-electron chi connectivity index (χ4n) is 4.86. The molecule has 0 fully saturated rings. The number of alkyl halides is 1. The van der Waals surface area contributed by atoms with Crippen LogP contribution >= 0.6 is 0 Å². The summed E-state index contributed by atoms with van der Waals surface area (Å²) in [5, 5.41) is 14.5. The number of tetrazole rings is 1. The van der Waals surface area contributed by atoms with Gasteiger partial charge in [-0.1, -0.05) is 92.2 Å². The summed E-state index contributed by atoms with van der Waals surface area (Å²) in [5.41, 5.74) is 7.46. The quantitative estimate of drug-likeness (QED) is 0.292. The van der Waals surface area contributed by atoms with Crippen molar-refractivity contribution in [1.82, 2.24) is 30.4 Å². The lowest BCUT2D eigenvalue weighted by Crippen LogP contribution is -2.27. The predicted molar refractivity (Wildman–Crippen MR) is 140 cm³/mol. The zero-order chi connectivity index (χ0) is 24.7. The van der Waals surface area contributed by atoms with Crippen LogP contribution in [0.5, 0.6) is 0 Å². The Labute approximate surface area is 211 Å². The molecule has 6 nitrogen and oxygen atoms in total. The highest BCUT2D eigenvalue weighted by molar-refractivity contribution is 5.80. The van der Waals surface area contributed by atoms with Gasteiger partial charge >= 0.3 is 0 Å². The maximum atomic E-state index is 14.3. The molecule has 184 valence electrons. The number of aromatic amines is 1. The maximum absolute atomic E-state index is 14.3. The molecule has 2 heterocycles. The van der Waals surface area contributed by atoms with Gasteiger partial charge in [-0.2, -0.15) is 5.21 Å². The number of nitrogens with one attached hydrogen (secondary N) is 1. The second-order valence-corrected chi connectivity index (χ2v) is 9.13. The first kappa shape index (κ1) is 23.7. The number of hydrogen-bond donors (Lipinski definition) is 1. The summed E-state index contributed by atoms with van der Waals surface area (Å²) < 4.78 is 14.3. The third-order valence-electron chi connectivity index (χ3n) is 6.70. The van der Waals surface area contributed by atoms with Crippen molar-refractivity contribution in [1.29, 1.82) is 0 Å². The van der Waals surface area contributed by atoms with Crippen LogP contribution in [-0.2, 0) is 13.1 Å². The summed E-state index contributed by atoms with van der Waals surface area (Å²) in [6.45, 7) is 3.92. The molecule has 0 atom stereocenters. The Bertz CT molecular complexity index is 1290.